The van der Waals surface area contributed by atoms with E-state index >= 15 is 0 Å². The van der Waals surface area contributed by atoms with Crippen LogP contribution in [0.15, 0.2) is 12.2 Å². The number of carbonyl (C=O) groups excluding carboxylic acids is 1. The fourth-order valence-electron chi connectivity index (χ4n) is 4.90. The Morgan fingerprint density at radius 3 is 2.67 bits per heavy atom. The van der Waals surface area contributed by atoms with Crippen LogP contribution in [0.4, 0.5) is 0 Å². The van der Waals surface area contributed by atoms with E-state index in [0.29, 0.717) is 18.4 Å². The topological polar surface area (TPSA) is 99.5 Å². The maximum atomic E-state index is 11.8. The molecule has 2 saturated heterocycles. The molecule has 0 amide bonds. The molecule has 6 heteroatoms. The molecule has 6 nitrogen and oxygen atoms in total. The summed E-state index contributed by atoms with van der Waals surface area (Å²) >= 11 is 0. The number of hydrogen-bond acceptors (Lipinski definition) is 6. The Balaban J connectivity index is 1.87. The molecule has 4 rings (SSSR count). The van der Waals surface area contributed by atoms with Crippen LogP contribution in [0.5, 0.6) is 0 Å². The fraction of sp³-hybridized carbons (Fsp3) is 0.800. The lowest BCUT2D eigenvalue weighted by Gasteiger charge is -2.40. The van der Waals surface area contributed by atoms with Gasteiger partial charge in [-0.05, 0) is 26.7 Å². The molecular weight excluding hydrogens is 276 g/mol. The number of aliphatic hydroxyl groups is 3. The summed E-state index contributed by atoms with van der Waals surface area (Å²) < 4.78 is 11.1. The van der Waals surface area contributed by atoms with Crippen LogP contribution in [0, 0.1) is 11.8 Å². The van der Waals surface area contributed by atoms with Gasteiger partial charge in [0, 0.05) is 11.5 Å². The Morgan fingerprint density at radius 2 is 2.00 bits per heavy atom. The predicted molar refractivity (Wildman–Crippen MR) is 70.1 cm³/mol. The van der Waals surface area contributed by atoms with Crippen LogP contribution in [0.2, 0.25) is 0 Å². The van der Waals surface area contributed by atoms with Gasteiger partial charge in [0.25, 0.3) is 0 Å². The highest BCUT2D eigenvalue weighted by molar-refractivity contribution is 5.91. The first kappa shape index (κ1) is 13.7. The second-order valence-electron chi connectivity index (χ2n) is 7.29. The van der Waals surface area contributed by atoms with Gasteiger partial charge in [0.1, 0.15) is 23.9 Å². The molecule has 8 atom stereocenters. The van der Waals surface area contributed by atoms with Crippen molar-refractivity contribution in [2.24, 2.45) is 11.8 Å². The van der Waals surface area contributed by atoms with E-state index in [0.717, 1.165) is 0 Å². The van der Waals surface area contributed by atoms with E-state index < -0.39 is 47.0 Å². The summed E-state index contributed by atoms with van der Waals surface area (Å²) in [5.74, 6) is -1.39. The van der Waals surface area contributed by atoms with Gasteiger partial charge < -0.3 is 24.8 Å². The van der Waals surface area contributed by atoms with Gasteiger partial charge in [0.05, 0.1) is 17.1 Å². The summed E-state index contributed by atoms with van der Waals surface area (Å²) in [5, 5.41) is 32.0. The summed E-state index contributed by atoms with van der Waals surface area (Å²) in [5.41, 5.74) is -3.35. The number of ether oxygens (including phenoxy) is 2. The van der Waals surface area contributed by atoms with Crippen molar-refractivity contribution in [1.29, 1.82) is 0 Å². The van der Waals surface area contributed by atoms with Crippen molar-refractivity contribution in [2.75, 3.05) is 0 Å². The number of fused-ring (bicyclic) bond motifs is 2. The summed E-state index contributed by atoms with van der Waals surface area (Å²) in [7, 11) is 0. The molecule has 0 aromatic carbocycles. The average molecular weight is 296 g/mol. The van der Waals surface area contributed by atoms with Crippen molar-refractivity contribution in [2.45, 2.75) is 61.8 Å². The van der Waals surface area contributed by atoms with E-state index in [1.807, 2.05) is 0 Å². The largest absolute Gasteiger partial charge is 0.458 e. The number of rotatable bonds is 0. The minimum atomic E-state index is -1.48. The van der Waals surface area contributed by atoms with Crippen molar-refractivity contribution in [3.8, 4) is 0 Å². The van der Waals surface area contributed by atoms with Gasteiger partial charge >= 0.3 is 5.97 Å². The molecule has 2 aliphatic carbocycles. The molecule has 0 bridgehead atoms. The first-order valence-corrected chi connectivity index (χ1v) is 7.35. The van der Waals surface area contributed by atoms with Gasteiger partial charge in [-0.15, -0.1) is 0 Å². The zero-order chi connectivity index (χ0) is 15.4. The molecule has 116 valence electrons. The third-order valence-electron chi connectivity index (χ3n) is 6.13. The van der Waals surface area contributed by atoms with Gasteiger partial charge in [-0.2, -0.15) is 0 Å². The van der Waals surface area contributed by atoms with Crippen LogP contribution in [-0.4, -0.2) is 56.4 Å². The van der Waals surface area contributed by atoms with Gasteiger partial charge in [0.2, 0.25) is 0 Å². The Labute approximate surface area is 122 Å². The molecule has 0 aromatic heterocycles. The highest BCUT2D eigenvalue weighted by atomic mass is 16.7. The lowest BCUT2D eigenvalue weighted by Crippen LogP contribution is -2.56. The maximum Gasteiger partial charge on any atom is 0.334 e. The Morgan fingerprint density at radius 1 is 1.33 bits per heavy atom. The Hall–Kier alpha value is -0.950. The summed E-state index contributed by atoms with van der Waals surface area (Å²) in [6.07, 6.45) is -1.40. The quantitative estimate of drug-likeness (QED) is 0.317. The van der Waals surface area contributed by atoms with Crippen LogP contribution in [0.25, 0.3) is 0 Å². The second kappa shape index (κ2) is 3.51. The van der Waals surface area contributed by atoms with Gasteiger partial charge in [0.15, 0.2) is 0 Å². The van der Waals surface area contributed by atoms with Gasteiger partial charge in [-0.3, -0.25) is 0 Å². The molecule has 4 fully saturated rings. The molecule has 1 spiro atoms. The van der Waals surface area contributed by atoms with Crippen molar-refractivity contribution < 1.29 is 29.6 Å². The van der Waals surface area contributed by atoms with E-state index in [4.69, 9.17) is 9.47 Å². The monoisotopic (exact) mass is 296 g/mol. The molecule has 0 aromatic rings. The van der Waals surface area contributed by atoms with E-state index in [1.54, 1.807) is 6.92 Å². The normalized spacial score (nSPS) is 61.7. The fourth-order valence-corrected chi connectivity index (χ4v) is 4.90. The molecule has 3 N–H and O–H groups in total. The van der Waals surface area contributed by atoms with Crippen LogP contribution in [0.3, 0.4) is 0 Å². The SMILES string of the molecule is C=C1C(=O)O[C@H]2[C@H]1CC[C@@](C)(O)[C@@]13O[C@@H]1[C@H](O)[C@@](C)(O)[C@H]23. The smallest absolute Gasteiger partial charge is 0.334 e. The number of epoxide rings is 1. The van der Waals surface area contributed by atoms with E-state index in [-0.39, 0.29) is 5.92 Å². The Kier molecular flexibility index (Phi) is 2.29. The van der Waals surface area contributed by atoms with Crippen LogP contribution in [-0.2, 0) is 14.3 Å². The zero-order valence-corrected chi connectivity index (χ0v) is 12.1. The number of esters is 1. The highest BCUT2D eigenvalue weighted by Crippen LogP contribution is 2.68. The molecular formula is C15H20O6. The zero-order valence-electron chi connectivity index (χ0n) is 12.1. The lowest BCUT2D eigenvalue weighted by atomic mass is 9.73. The molecule has 2 heterocycles. The van der Waals surface area contributed by atoms with Crippen molar-refractivity contribution in [1.82, 2.24) is 0 Å². The minimum Gasteiger partial charge on any atom is -0.458 e. The maximum absolute atomic E-state index is 11.8. The average Bonchev–Trinajstić information content (AvgIpc) is 3.03. The molecule has 2 saturated carbocycles. The molecule has 0 unspecified atom stereocenters. The second-order valence-corrected chi connectivity index (χ2v) is 7.29. The predicted octanol–water partition coefficient (Wildman–Crippen LogP) is -0.492. The minimum absolute atomic E-state index is 0.255. The van der Waals surface area contributed by atoms with Crippen molar-refractivity contribution >= 4 is 5.97 Å². The number of carbonyl (C=O) groups is 1. The summed E-state index contributed by atoms with van der Waals surface area (Å²) in [6.45, 7) is 6.97. The number of aliphatic hydroxyl groups excluding tert-OH is 1. The van der Waals surface area contributed by atoms with Crippen LogP contribution >= 0.6 is 0 Å². The summed E-state index contributed by atoms with van der Waals surface area (Å²) in [6, 6.07) is 0. The van der Waals surface area contributed by atoms with Crippen molar-refractivity contribution in [3.05, 3.63) is 12.2 Å². The lowest BCUT2D eigenvalue weighted by molar-refractivity contribution is -0.178. The van der Waals surface area contributed by atoms with E-state index in [9.17, 15) is 20.1 Å². The van der Waals surface area contributed by atoms with E-state index in [2.05, 4.69) is 6.58 Å². The van der Waals surface area contributed by atoms with Crippen LogP contribution < -0.4 is 0 Å². The number of hydrogen-bond donors (Lipinski definition) is 3. The summed E-state index contributed by atoms with van der Waals surface area (Å²) in [4.78, 5) is 11.8. The van der Waals surface area contributed by atoms with Crippen LogP contribution in [0.1, 0.15) is 26.7 Å². The van der Waals surface area contributed by atoms with Crippen molar-refractivity contribution in [3.63, 3.8) is 0 Å². The van der Waals surface area contributed by atoms with Gasteiger partial charge in [-0.25, -0.2) is 4.79 Å². The molecule has 0 radical (unpaired) electrons. The highest BCUT2D eigenvalue weighted by Gasteiger charge is 2.85. The standard InChI is InChI=1S/C15H20O6/c1-6-7-4-5-13(2,18)15-9(8(7)20-12(6)17)14(3,19)10(16)11(15)21-15/h7-11,16,18-19H,1,4-5H2,2-3H3/t7-,8-,9-,10-,11+,13+,14-,15-/m0/s1. The third-order valence-corrected chi connectivity index (χ3v) is 6.13. The Bertz CT molecular complexity index is 552. The molecule has 4 aliphatic rings. The molecule has 2 aliphatic heterocycles. The van der Waals surface area contributed by atoms with Gasteiger partial charge in [-0.1, -0.05) is 6.58 Å². The van der Waals surface area contributed by atoms with E-state index in [1.165, 1.54) is 6.92 Å². The first-order chi connectivity index (χ1) is 9.64. The molecule has 21 heavy (non-hydrogen) atoms. The first-order valence-electron chi connectivity index (χ1n) is 7.35. The third kappa shape index (κ3) is 1.31.